The molecule has 0 fully saturated rings. The van der Waals surface area contributed by atoms with Gasteiger partial charge in [-0.1, -0.05) is 43.7 Å². The van der Waals surface area contributed by atoms with Crippen LogP contribution in [0.3, 0.4) is 0 Å². The van der Waals surface area contributed by atoms with E-state index in [1.165, 1.54) is 11.1 Å². The maximum absolute atomic E-state index is 5.79. The molecular weight excluding hydrogens is 234 g/mol. The van der Waals surface area contributed by atoms with E-state index in [1.54, 1.807) is 0 Å². The molecule has 19 heavy (non-hydrogen) atoms. The van der Waals surface area contributed by atoms with E-state index in [1.807, 2.05) is 0 Å². The zero-order valence-electron chi connectivity index (χ0n) is 12.0. The number of hydrogen-bond acceptors (Lipinski definition) is 3. The van der Waals surface area contributed by atoms with Crippen molar-refractivity contribution in [2.75, 3.05) is 13.1 Å². The van der Waals surface area contributed by atoms with Crippen molar-refractivity contribution < 1.29 is 0 Å². The third-order valence-corrected chi connectivity index (χ3v) is 3.08. The first-order chi connectivity index (χ1) is 9.08. The number of nitrogens with one attached hydrogen (secondary N) is 1. The Labute approximate surface area is 115 Å². The average molecular weight is 257 g/mol. The largest absolute Gasteiger partial charge is 0.326 e. The average Bonchev–Trinajstić information content (AvgIpc) is 2.38. The molecule has 2 rings (SSSR count). The van der Waals surface area contributed by atoms with Gasteiger partial charge >= 0.3 is 0 Å². The van der Waals surface area contributed by atoms with Gasteiger partial charge in [0.15, 0.2) is 0 Å². The Balaban J connectivity index is 2.23. The quantitative estimate of drug-likeness (QED) is 0.871. The highest BCUT2D eigenvalue weighted by Crippen LogP contribution is 2.19. The van der Waals surface area contributed by atoms with Gasteiger partial charge in [0.1, 0.15) is 0 Å². The van der Waals surface area contributed by atoms with E-state index in [4.69, 9.17) is 5.73 Å². The molecule has 0 spiro atoms. The normalized spacial score (nSPS) is 15.1. The van der Waals surface area contributed by atoms with Crippen LogP contribution in [0.2, 0.25) is 0 Å². The molecule has 0 saturated carbocycles. The van der Waals surface area contributed by atoms with Gasteiger partial charge in [-0.25, -0.2) is 0 Å². The van der Waals surface area contributed by atoms with Crippen LogP contribution in [0, 0.1) is 12.8 Å². The minimum atomic E-state index is 0.561. The van der Waals surface area contributed by atoms with Crippen molar-refractivity contribution in [2.24, 2.45) is 11.7 Å². The molecule has 0 aliphatic carbocycles. The van der Waals surface area contributed by atoms with Crippen LogP contribution >= 0.6 is 0 Å². The lowest BCUT2D eigenvalue weighted by Gasteiger charge is -2.30. The molecule has 3 nitrogen and oxygen atoms in total. The maximum atomic E-state index is 5.79. The fourth-order valence-corrected chi connectivity index (χ4v) is 2.13. The second-order valence-corrected chi connectivity index (χ2v) is 5.49. The number of nitrogens with two attached hydrogens (primary N) is 1. The molecule has 0 aromatic heterocycles. The first-order valence-corrected chi connectivity index (χ1v) is 6.81. The van der Waals surface area contributed by atoms with Gasteiger partial charge < -0.3 is 5.73 Å². The third-order valence-electron chi connectivity index (χ3n) is 3.08. The summed E-state index contributed by atoms with van der Waals surface area (Å²) < 4.78 is 0. The second-order valence-electron chi connectivity index (χ2n) is 5.49. The Kier molecular flexibility index (Phi) is 4.27. The number of hydrazine groups is 1. The lowest BCUT2D eigenvalue weighted by Crippen LogP contribution is -2.37. The van der Waals surface area contributed by atoms with E-state index in [-0.39, 0.29) is 0 Å². The summed E-state index contributed by atoms with van der Waals surface area (Å²) in [5, 5.41) is 2.13. The Bertz CT molecular complexity index is 483. The van der Waals surface area contributed by atoms with Gasteiger partial charge in [0.2, 0.25) is 0 Å². The molecule has 0 bridgehead atoms. The van der Waals surface area contributed by atoms with Crippen LogP contribution in [-0.2, 0) is 0 Å². The van der Waals surface area contributed by atoms with E-state index in [9.17, 15) is 0 Å². The van der Waals surface area contributed by atoms with Crippen molar-refractivity contribution >= 4 is 5.70 Å². The molecule has 3 N–H and O–H groups in total. The van der Waals surface area contributed by atoms with E-state index >= 15 is 0 Å². The van der Waals surface area contributed by atoms with Crippen molar-refractivity contribution in [1.82, 2.24) is 10.4 Å². The zero-order valence-corrected chi connectivity index (χ0v) is 12.0. The smallest absolute Gasteiger partial charge is 0.0618 e. The van der Waals surface area contributed by atoms with Gasteiger partial charge in [0.05, 0.1) is 5.70 Å². The van der Waals surface area contributed by atoms with Gasteiger partial charge in [-0.2, -0.15) is 0 Å². The molecule has 0 saturated heterocycles. The molecule has 1 aliphatic heterocycles. The van der Waals surface area contributed by atoms with E-state index < -0.39 is 0 Å². The number of benzene rings is 1. The van der Waals surface area contributed by atoms with Gasteiger partial charge in [-0.3, -0.25) is 10.4 Å². The Hall–Kier alpha value is -1.74. The number of nitrogens with zero attached hydrogens (tertiary/aromatic N) is 1. The molecule has 0 atom stereocenters. The fraction of sp³-hybridized carbons (Fsp3) is 0.375. The monoisotopic (exact) mass is 257 g/mol. The Morgan fingerprint density at radius 2 is 1.89 bits per heavy atom. The number of hydrogen-bond donors (Lipinski definition) is 2. The molecule has 1 aliphatic rings. The molecule has 1 heterocycles. The van der Waals surface area contributed by atoms with Crippen LogP contribution in [-0.4, -0.2) is 18.1 Å². The van der Waals surface area contributed by atoms with Crippen molar-refractivity contribution in [1.29, 1.82) is 0 Å². The third kappa shape index (κ3) is 3.61. The zero-order chi connectivity index (χ0) is 13.8. The molecule has 1 aromatic carbocycles. The lowest BCUT2D eigenvalue weighted by molar-refractivity contribution is 0.282. The van der Waals surface area contributed by atoms with Crippen molar-refractivity contribution in [3.63, 3.8) is 0 Å². The minimum absolute atomic E-state index is 0.561. The van der Waals surface area contributed by atoms with E-state index in [2.05, 4.69) is 67.7 Å². The predicted octanol–water partition coefficient (Wildman–Crippen LogP) is 2.65. The Morgan fingerprint density at radius 3 is 2.47 bits per heavy atom. The second kappa shape index (κ2) is 5.93. The summed E-state index contributed by atoms with van der Waals surface area (Å²) in [7, 11) is 0. The summed E-state index contributed by atoms with van der Waals surface area (Å²) in [5.41, 5.74) is 14.0. The van der Waals surface area contributed by atoms with E-state index in [0.717, 1.165) is 17.8 Å². The van der Waals surface area contributed by atoms with Crippen molar-refractivity contribution in [3.8, 4) is 0 Å². The number of rotatable bonds is 4. The maximum Gasteiger partial charge on any atom is 0.0618 e. The standard InChI is InChI=1S/C16H23N3/c1-12(2)10-19-11-14(9-17)8-16(18-19)15-6-4-13(3)5-7-15/h4-8,11-12,18H,9-10,17H2,1-3H3. The van der Waals surface area contributed by atoms with Crippen LogP contribution in [0.1, 0.15) is 25.0 Å². The highest BCUT2D eigenvalue weighted by molar-refractivity contribution is 5.67. The van der Waals surface area contributed by atoms with Gasteiger partial charge in [0.25, 0.3) is 0 Å². The molecule has 0 amide bonds. The minimum Gasteiger partial charge on any atom is -0.326 e. The van der Waals surface area contributed by atoms with Gasteiger partial charge in [-0.15, -0.1) is 0 Å². The van der Waals surface area contributed by atoms with Crippen LogP contribution < -0.4 is 11.2 Å². The van der Waals surface area contributed by atoms with Crippen LogP contribution in [0.25, 0.3) is 5.70 Å². The summed E-state index contributed by atoms with van der Waals surface area (Å²) in [4.78, 5) is 0. The SMILES string of the molecule is Cc1ccc(C2=CC(CN)=CN(CC(C)C)N2)cc1. The van der Waals surface area contributed by atoms with Gasteiger partial charge in [0, 0.05) is 19.3 Å². The summed E-state index contributed by atoms with van der Waals surface area (Å²) in [5.74, 6) is 0.597. The molecule has 102 valence electrons. The first-order valence-electron chi connectivity index (χ1n) is 6.81. The lowest BCUT2D eigenvalue weighted by atomic mass is 10.1. The molecule has 0 radical (unpaired) electrons. The topological polar surface area (TPSA) is 41.3 Å². The first kappa shape index (κ1) is 13.7. The Morgan fingerprint density at radius 1 is 1.21 bits per heavy atom. The van der Waals surface area contributed by atoms with E-state index in [0.29, 0.717) is 12.5 Å². The van der Waals surface area contributed by atoms with Crippen molar-refractivity contribution in [3.05, 3.63) is 53.2 Å². The summed E-state index contributed by atoms with van der Waals surface area (Å²) in [6, 6.07) is 8.54. The molecule has 0 unspecified atom stereocenters. The van der Waals surface area contributed by atoms with Crippen LogP contribution in [0.4, 0.5) is 0 Å². The summed E-state index contributed by atoms with van der Waals surface area (Å²) in [6.45, 7) is 8.05. The number of aryl methyl sites for hydroxylation is 1. The molecule has 1 aromatic rings. The highest BCUT2D eigenvalue weighted by atomic mass is 15.5. The molecule has 3 heteroatoms. The van der Waals surface area contributed by atoms with Crippen LogP contribution in [0.15, 0.2) is 42.1 Å². The van der Waals surface area contributed by atoms with Gasteiger partial charge in [-0.05, 0) is 30.1 Å². The fourth-order valence-electron chi connectivity index (χ4n) is 2.13. The molecular formula is C16H23N3. The highest BCUT2D eigenvalue weighted by Gasteiger charge is 2.13. The van der Waals surface area contributed by atoms with Crippen molar-refractivity contribution in [2.45, 2.75) is 20.8 Å². The summed E-state index contributed by atoms with van der Waals surface area (Å²) in [6.07, 6.45) is 4.22. The summed E-state index contributed by atoms with van der Waals surface area (Å²) >= 11 is 0. The predicted molar refractivity (Wildman–Crippen MR) is 81.0 cm³/mol. The van der Waals surface area contributed by atoms with Crippen LogP contribution in [0.5, 0.6) is 0 Å².